The van der Waals surface area contributed by atoms with E-state index in [1.165, 1.54) is 148 Å². The molecule has 6 fully saturated rings. The second-order valence-electron chi connectivity index (χ2n) is 25.1. The lowest BCUT2D eigenvalue weighted by Gasteiger charge is -2.26. The molecule has 14 atom stereocenters. The topological polar surface area (TPSA) is 57.2 Å². The summed E-state index contributed by atoms with van der Waals surface area (Å²) >= 11 is 0. The predicted octanol–water partition coefficient (Wildman–Crippen LogP) is 16.5. The van der Waals surface area contributed by atoms with Crippen molar-refractivity contribution in [3.05, 3.63) is 0 Å². The van der Waals surface area contributed by atoms with Crippen LogP contribution < -0.4 is 0 Å². The van der Waals surface area contributed by atoms with E-state index in [1.54, 1.807) is 38.5 Å². The third-order valence-electron chi connectivity index (χ3n) is 18.9. The largest absolute Gasteiger partial charge is 0.462 e. The van der Waals surface area contributed by atoms with Gasteiger partial charge in [-0.25, -0.2) is 0 Å². The summed E-state index contributed by atoms with van der Waals surface area (Å²) in [5.41, 5.74) is 0. The first kappa shape index (κ1) is 56.6. The zero-order valence-corrected chi connectivity index (χ0v) is 45.8. The van der Waals surface area contributed by atoms with Crippen molar-refractivity contribution in [1.29, 1.82) is 0 Å². The first-order valence-corrected chi connectivity index (χ1v) is 31.0. The molecule has 396 valence electrons. The molecule has 6 nitrogen and oxygen atoms in total. The molecule has 0 heterocycles. The van der Waals surface area contributed by atoms with E-state index >= 15 is 0 Å². The van der Waals surface area contributed by atoms with Crippen LogP contribution in [-0.2, 0) is 23.7 Å². The van der Waals surface area contributed by atoms with Crippen molar-refractivity contribution in [2.45, 2.75) is 264 Å². The summed E-state index contributed by atoms with van der Waals surface area (Å²) in [6.07, 6.45) is 48.6. The maximum Gasteiger partial charge on any atom is 0.306 e. The first-order valence-electron chi connectivity index (χ1n) is 31.0. The van der Waals surface area contributed by atoms with Crippen LogP contribution in [0.4, 0.5) is 0 Å². The minimum Gasteiger partial charge on any atom is -0.462 e. The van der Waals surface area contributed by atoms with Crippen LogP contribution in [0.25, 0.3) is 0 Å². The van der Waals surface area contributed by atoms with Crippen LogP contribution in [-0.4, -0.2) is 76.8 Å². The summed E-state index contributed by atoms with van der Waals surface area (Å²) in [6.45, 7) is 11.6. The summed E-state index contributed by atoms with van der Waals surface area (Å²) < 4.78 is 25.5. The molecule has 0 amide bonds. The molecule has 6 aliphatic rings. The third-order valence-corrected chi connectivity index (χ3v) is 18.9. The van der Waals surface area contributed by atoms with Gasteiger partial charge in [-0.05, 0) is 182 Å². The summed E-state index contributed by atoms with van der Waals surface area (Å²) in [7, 11) is 4.14. The Morgan fingerprint density at radius 3 is 1.46 bits per heavy atom. The lowest BCUT2D eigenvalue weighted by molar-refractivity contribution is -0.151. The van der Waals surface area contributed by atoms with E-state index in [1.807, 2.05) is 0 Å². The number of hydrogen-bond donors (Lipinski definition) is 0. The van der Waals surface area contributed by atoms with Crippen LogP contribution in [0.15, 0.2) is 0 Å². The molecule has 0 aromatic carbocycles. The minimum atomic E-state index is 0.00443. The molecule has 0 aromatic heterocycles. The van der Waals surface area contributed by atoms with E-state index in [9.17, 15) is 4.79 Å². The Bertz CT molecular complexity index is 1310. The SMILES string of the molecule is CCCCCC1CC1CC1CC1CCCCCCCCOCC(COCCC1CCC(OC(=O)CCCN(C)C)C1CC1CC1CC)OCCCCCCCCC1CC1CC1CC1CCCCC. The number of ether oxygens (including phenoxy) is 4. The van der Waals surface area contributed by atoms with Gasteiger partial charge < -0.3 is 23.8 Å². The molecule has 0 spiro atoms. The average molecular weight is 953 g/mol. The van der Waals surface area contributed by atoms with E-state index in [0.717, 1.165) is 124 Å². The van der Waals surface area contributed by atoms with Gasteiger partial charge in [0.05, 0.1) is 13.2 Å². The zero-order chi connectivity index (χ0) is 47.8. The molecule has 68 heavy (non-hydrogen) atoms. The summed E-state index contributed by atoms with van der Waals surface area (Å²) in [4.78, 5) is 15.0. The first-order chi connectivity index (χ1) is 33.3. The second-order valence-corrected chi connectivity index (χ2v) is 25.1. The molecular weight excluding hydrogens is 839 g/mol. The van der Waals surface area contributed by atoms with Gasteiger partial charge >= 0.3 is 5.97 Å². The highest BCUT2D eigenvalue weighted by atomic mass is 16.6. The fourth-order valence-electron chi connectivity index (χ4n) is 13.7. The number of hydrogen-bond acceptors (Lipinski definition) is 6. The second kappa shape index (κ2) is 32.5. The molecule has 0 aliphatic heterocycles. The van der Waals surface area contributed by atoms with Gasteiger partial charge in [-0.2, -0.15) is 0 Å². The predicted molar refractivity (Wildman–Crippen MR) is 285 cm³/mol. The fourth-order valence-corrected chi connectivity index (χ4v) is 13.7. The summed E-state index contributed by atoms with van der Waals surface area (Å²) in [6, 6.07) is 0. The smallest absolute Gasteiger partial charge is 0.306 e. The number of carbonyl (C=O) groups is 1. The average Bonchev–Trinajstić information content (AvgIpc) is 4.05. The van der Waals surface area contributed by atoms with Crippen LogP contribution in [0.5, 0.6) is 0 Å². The summed E-state index contributed by atoms with van der Waals surface area (Å²) in [5, 5.41) is 0. The number of unbranched alkanes of at least 4 members (excludes halogenated alkanes) is 14. The Morgan fingerprint density at radius 2 is 0.941 bits per heavy atom. The van der Waals surface area contributed by atoms with E-state index < -0.39 is 0 Å². The molecule has 0 bridgehead atoms. The normalized spacial score (nSPS) is 31.6. The maximum absolute atomic E-state index is 12.9. The number of nitrogens with zero attached hydrogens (tertiary/aromatic N) is 1. The molecule has 14 unspecified atom stereocenters. The van der Waals surface area contributed by atoms with E-state index in [2.05, 4.69) is 39.8 Å². The van der Waals surface area contributed by atoms with Crippen LogP contribution in [0.3, 0.4) is 0 Å². The van der Waals surface area contributed by atoms with Gasteiger partial charge in [0.15, 0.2) is 0 Å². The van der Waals surface area contributed by atoms with Gasteiger partial charge in [-0.3, -0.25) is 4.79 Å². The van der Waals surface area contributed by atoms with Crippen LogP contribution in [0.1, 0.15) is 252 Å². The quantitative estimate of drug-likeness (QED) is 0.0448. The third kappa shape index (κ3) is 23.0. The molecule has 0 aromatic rings. The van der Waals surface area contributed by atoms with Gasteiger partial charge in [0.25, 0.3) is 0 Å². The number of esters is 1. The lowest BCUT2D eigenvalue weighted by Crippen LogP contribution is -2.28. The fraction of sp³-hybridized carbons (Fsp3) is 0.984. The highest BCUT2D eigenvalue weighted by Gasteiger charge is 2.47. The molecule has 6 saturated carbocycles. The molecule has 0 N–H and O–H groups in total. The summed E-state index contributed by atoms with van der Waals surface area (Å²) in [5.74, 6) is 11.5. The van der Waals surface area contributed by atoms with Crippen molar-refractivity contribution in [1.82, 2.24) is 4.90 Å². The number of carbonyl (C=O) groups excluding carboxylic acids is 1. The molecule has 6 heteroatoms. The minimum absolute atomic E-state index is 0.00443. The van der Waals surface area contributed by atoms with Gasteiger partial charge in [-0.15, -0.1) is 0 Å². The Hall–Kier alpha value is -0.690. The van der Waals surface area contributed by atoms with Crippen molar-refractivity contribution in [2.75, 3.05) is 53.7 Å². The van der Waals surface area contributed by atoms with Crippen LogP contribution in [0, 0.1) is 71.0 Å². The van der Waals surface area contributed by atoms with Gasteiger partial charge in [0.1, 0.15) is 12.2 Å². The highest BCUT2D eigenvalue weighted by Crippen LogP contribution is 2.56. The van der Waals surface area contributed by atoms with Gasteiger partial charge in [0.2, 0.25) is 0 Å². The molecular formula is C62H113NO5. The molecule has 6 aliphatic carbocycles. The monoisotopic (exact) mass is 952 g/mol. The van der Waals surface area contributed by atoms with Crippen LogP contribution in [0.2, 0.25) is 0 Å². The maximum atomic E-state index is 12.9. The Morgan fingerprint density at radius 1 is 0.471 bits per heavy atom. The van der Waals surface area contributed by atoms with Crippen LogP contribution >= 0.6 is 0 Å². The lowest BCUT2D eigenvalue weighted by atomic mass is 9.87. The Kier molecular flexibility index (Phi) is 27.0. The van der Waals surface area contributed by atoms with Crippen molar-refractivity contribution in [2.24, 2.45) is 71.0 Å². The van der Waals surface area contributed by atoms with E-state index in [0.29, 0.717) is 31.5 Å². The zero-order valence-electron chi connectivity index (χ0n) is 45.8. The van der Waals surface area contributed by atoms with E-state index in [4.69, 9.17) is 18.9 Å². The molecule has 6 rings (SSSR count). The van der Waals surface area contributed by atoms with E-state index in [-0.39, 0.29) is 18.2 Å². The van der Waals surface area contributed by atoms with Gasteiger partial charge in [-0.1, -0.05) is 156 Å². The highest BCUT2D eigenvalue weighted by molar-refractivity contribution is 5.69. The van der Waals surface area contributed by atoms with Crippen molar-refractivity contribution < 1.29 is 23.7 Å². The van der Waals surface area contributed by atoms with Crippen molar-refractivity contribution in [3.8, 4) is 0 Å². The molecule has 0 radical (unpaired) electrons. The molecule has 0 saturated heterocycles. The van der Waals surface area contributed by atoms with Crippen molar-refractivity contribution >= 4 is 5.97 Å². The number of rotatable bonds is 46. The Labute approximate surface area is 421 Å². The van der Waals surface area contributed by atoms with Crippen molar-refractivity contribution in [3.63, 3.8) is 0 Å². The van der Waals surface area contributed by atoms with Gasteiger partial charge in [0, 0.05) is 26.2 Å². The Balaban J connectivity index is 0.808. The standard InChI is InChI=1S/C62H113NO5/c1-6-9-19-26-50-39-54(50)43-56-41-52(56)28-21-15-11-13-17-23-35-65-46-59(67-36-24-18-14-12-16-22-29-53-42-57(53)44-55-40-51(55)27-20-10-7-2)47-66-37-33-49-31-32-61(60(49)45-58-38-48(58)8-3)68-62(64)30-25-34-63(4)5/h48-61H,6-47H2,1-5H3.